The molecule has 1 unspecified atom stereocenters. The predicted molar refractivity (Wildman–Crippen MR) is 95.0 cm³/mol. The van der Waals surface area contributed by atoms with Gasteiger partial charge in [0.1, 0.15) is 5.75 Å². The Kier molecular flexibility index (Phi) is 5.66. The fraction of sp³-hybridized carbons (Fsp3) is 0.556. The topological polar surface area (TPSA) is 49.9 Å². The number of likely N-dealkylation sites (tertiary alicyclic amines) is 1. The van der Waals surface area contributed by atoms with Crippen molar-refractivity contribution in [2.75, 3.05) is 38.2 Å². The van der Waals surface area contributed by atoms with Gasteiger partial charge in [-0.05, 0) is 12.5 Å². The third-order valence-corrected chi connectivity index (χ3v) is 5.67. The molecule has 2 aliphatic rings. The van der Waals surface area contributed by atoms with Gasteiger partial charge in [-0.25, -0.2) is 0 Å². The molecule has 2 amide bonds. The van der Waals surface area contributed by atoms with E-state index >= 15 is 0 Å². The van der Waals surface area contributed by atoms with Crippen molar-refractivity contribution in [1.29, 1.82) is 0 Å². The highest BCUT2D eigenvalue weighted by Gasteiger charge is 2.33. The van der Waals surface area contributed by atoms with Gasteiger partial charge in [0, 0.05) is 49.7 Å². The number of amides is 2. The van der Waals surface area contributed by atoms with Gasteiger partial charge in [0.2, 0.25) is 11.8 Å². The maximum absolute atomic E-state index is 12.7. The normalized spacial score (nSPS) is 21.7. The lowest BCUT2D eigenvalue weighted by Gasteiger charge is -2.36. The number of hydrogen-bond acceptors (Lipinski definition) is 4. The molecule has 2 fully saturated rings. The average molecular weight is 348 g/mol. The van der Waals surface area contributed by atoms with Gasteiger partial charge in [0.05, 0.1) is 13.0 Å². The Morgan fingerprint density at radius 2 is 2.04 bits per heavy atom. The zero-order valence-corrected chi connectivity index (χ0v) is 14.9. The number of para-hydroxylation sites is 1. The molecule has 0 N–H and O–H groups in total. The summed E-state index contributed by atoms with van der Waals surface area (Å²) < 4.78 is 5.38. The van der Waals surface area contributed by atoms with Crippen molar-refractivity contribution in [3.63, 3.8) is 0 Å². The monoisotopic (exact) mass is 348 g/mol. The lowest BCUT2D eigenvalue weighted by Crippen LogP contribution is -2.48. The Labute approximate surface area is 147 Å². The van der Waals surface area contributed by atoms with Gasteiger partial charge in [-0.1, -0.05) is 18.2 Å². The van der Waals surface area contributed by atoms with Crippen molar-refractivity contribution in [2.45, 2.75) is 19.4 Å². The van der Waals surface area contributed by atoms with Crippen molar-refractivity contribution >= 4 is 23.6 Å². The van der Waals surface area contributed by atoms with Crippen LogP contribution < -0.4 is 4.74 Å². The number of thioether (sulfide) groups is 1. The molecule has 2 saturated heterocycles. The first kappa shape index (κ1) is 17.1. The summed E-state index contributed by atoms with van der Waals surface area (Å²) in [6.45, 7) is 2.68. The van der Waals surface area contributed by atoms with Crippen molar-refractivity contribution in [3.05, 3.63) is 29.8 Å². The SMILES string of the molecule is COc1ccccc1CN1CC(C(=O)N2CCSCC2)CCC1=O. The van der Waals surface area contributed by atoms with E-state index in [0.29, 0.717) is 25.9 Å². The zero-order valence-electron chi connectivity index (χ0n) is 14.1. The van der Waals surface area contributed by atoms with E-state index in [4.69, 9.17) is 4.74 Å². The highest BCUT2D eigenvalue weighted by molar-refractivity contribution is 7.99. The molecule has 0 spiro atoms. The minimum absolute atomic E-state index is 0.0690. The standard InChI is InChI=1S/C18H24N2O3S/c1-23-16-5-3-2-4-14(16)12-20-13-15(6-7-17(20)21)18(22)19-8-10-24-11-9-19/h2-5,15H,6-13H2,1H3. The van der Waals surface area contributed by atoms with E-state index in [9.17, 15) is 9.59 Å². The van der Waals surface area contributed by atoms with Crippen molar-refractivity contribution in [2.24, 2.45) is 5.92 Å². The predicted octanol–water partition coefficient (Wildman–Crippen LogP) is 2.01. The number of carbonyl (C=O) groups excluding carboxylic acids is 2. The summed E-state index contributed by atoms with van der Waals surface area (Å²) in [5, 5.41) is 0. The van der Waals surface area contributed by atoms with E-state index in [0.717, 1.165) is 35.9 Å². The van der Waals surface area contributed by atoms with Gasteiger partial charge in [0.15, 0.2) is 0 Å². The Morgan fingerprint density at radius 3 is 2.79 bits per heavy atom. The summed E-state index contributed by atoms with van der Waals surface area (Å²) in [6, 6.07) is 7.73. The quantitative estimate of drug-likeness (QED) is 0.835. The molecule has 1 atom stereocenters. The van der Waals surface area contributed by atoms with Gasteiger partial charge in [-0.15, -0.1) is 0 Å². The molecule has 3 rings (SSSR count). The van der Waals surface area contributed by atoms with Crippen LogP contribution >= 0.6 is 11.8 Å². The first-order valence-corrected chi connectivity index (χ1v) is 9.60. The highest BCUT2D eigenvalue weighted by Crippen LogP contribution is 2.25. The fourth-order valence-electron chi connectivity index (χ4n) is 3.35. The minimum Gasteiger partial charge on any atom is -0.496 e. The number of methoxy groups -OCH3 is 1. The first-order chi connectivity index (χ1) is 11.7. The molecule has 5 nitrogen and oxygen atoms in total. The molecular weight excluding hydrogens is 324 g/mol. The largest absolute Gasteiger partial charge is 0.496 e. The number of rotatable bonds is 4. The van der Waals surface area contributed by atoms with Crippen LogP contribution in [0.1, 0.15) is 18.4 Å². The lowest BCUT2D eigenvalue weighted by atomic mass is 9.95. The highest BCUT2D eigenvalue weighted by atomic mass is 32.2. The number of piperidine rings is 1. The number of carbonyl (C=O) groups is 2. The molecule has 1 aromatic rings. The number of nitrogens with zero attached hydrogens (tertiary/aromatic N) is 2. The zero-order chi connectivity index (χ0) is 16.9. The second-order valence-corrected chi connectivity index (χ2v) is 7.48. The van der Waals surface area contributed by atoms with Crippen LogP contribution in [-0.4, -0.2) is 59.9 Å². The van der Waals surface area contributed by atoms with Crippen LogP contribution in [-0.2, 0) is 16.1 Å². The number of hydrogen-bond donors (Lipinski definition) is 0. The summed E-state index contributed by atoms with van der Waals surface area (Å²) >= 11 is 1.90. The van der Waals surface area contributed by atoms with Gasteiger partial charge in [-0.2, -0.15) is 11.8 Å². The lowest BCUT2D eigenvalue weighted by molar-refractivity contribution is -0.143. The average Bonchev–Trinajstić information content (AvgIpc) is 2.64. The maximum atomic E-state index is 12.7. The first-order valence-electron chi connectivity index (χ1n) is 8.45. The Morgan fingerprint density at radius 1 is 1.29 bits per heavy atom. The van der Waals surface area contributed by atoms with Crippen LogP contribution in [0, 0.1) is 5.92 Å². The summed E-state index contributed by atoms with van der Waals surface area (Å²) in [5.74, 6) is 3.09. The third kappa shape index (κ3) is 3.86. The van der Waals surface area contributed by atoms with Gasteiger partial charge >= 0.3 is 0 Å². The van der Waals surface area contributed by atoms with Crippen LogP contribution in [0.3, 0.4) is 0 Å². The molecular formula is C18H24N2O3S. The molecule has 0 aromatic heterocycles. The van der Waals surface area contributed by atoms with Crippen molar-refractivity contribution in [1.82, 2.24) is 9.80 Å². The number of ether oxygens (including phenoxy) is 1. The van der Waals surface area contributed by atoms with Crippen LogP contribution in [0.4, 0.5) is 0 Å². The Balaban J connectivity index is 1.67. The second kappa shape index (κ2) is 7.92. The van der Waals surface area contributed by atoms with E-state index in [1.165, 1.54) is 0 Å². The minimum atomic E-state index is -0.0690. The van der Waals surface area contributed by atoms with E-state index < -0.39 is 0 Å². The summed E-state index contributed by atoms with van der Waals surface area (Å²) in [7, 11) is 1.64. The van der Waals surface area contributed by atoms with E-state index in [1.54, 1.807) is 7.11 Å². The summed E-state index contributed by atoms with van der Waals surface area (Å²) in [6.07, 6.45) is 1.12. The van der Waals surface area contributed by atoms with E-state index in [-0.39, 0.29) is 17.7 Å². The Bertz CT molecular complexity index is 602. The second-order valence-electron chi connectivity index (χ2n) is 6.26. The fourth-order valence-corrected chi connectivity index (χ4v) is 4.25. The van der Waals surface area contributed by atoms with Crippen molar-refractivity contribution < 1.29 is 14.3 Å². The van der Waals surface area contributed by atoms with Crippen LogP contribution in [0.5, 0.6) is 5.75 Å². The van der Waals surface area contributed by atoms with Crippen LogP contribution in [0.2, 0.25) is 0 Å². The molecule has 24 heavy (non-hydrogen) atoms. The van der Waals surface area contributed by atoms with Crippen LogP contribution in [0.25, 0.3) is 0 Å². The Hall–Kier alpha value is -1.69. The van der Waals surface area contributed by atoms with Crippen molar-refractivity contribution in [3.8, 4) is 5.75 Å². The molecule has 0 aliphatic carbocycles. The summed E-state index contributed by atoms with van der Waals surface area (Å²) in [5.41, 5.74) is 0.982. The molecule has 0 radical (unpaired) electrons. The maximum Gasteiger partial charge on any atom is 0.227 e. The smallest absolute Gasteiger partial charge is 0.227 e. The molecule has 0 bridgehead atoms. The molecule has 6 heteroatoms. The molecule has 2 aliphatic heterocycles. The number of benzene rings is 1. The van der Waals surface area contributed by atoms with E-state index in [2.05, 4.69) is 0 Å². The summed E-state index contributed by atoms with van der Waals surface area (Å²) in [4.78, 5) is 28.8. The molecule has 0 saturated carbocycles. The van der Waals surface area contributed by atoms with Crippen LogP contribution in [0.15, 0.2) is 24.3 Å². The van der Waals surface area contributed by atoms with Gasteiger partial charge in [0.25, 0.3) is 0 Å². The molecule has 130 valence electrons. The van der Waals surface area contributed by atoms with E-state index in [1.807, 2.05) is 45.8 Å². The molecule has 2 heterocycles. The van der Waals surface area contributed by atoms with Gasteiger partial charge in [-0.3, -0.25) is 9.59 Å². The van der Waals surface area contributed by atoms with Gasteiger partial charge < -0.3 is 14.5 Å². The molecule has 1 aromatic carbocycles. The third-order valence-electron chi connectivity index (χ3n) is 4.73.